The Morgan fingerprint density at radius 3 is 3.04 bits per heavy atom. The summed E-state index contributed by atoms with van der Waals surface area (Å²) in [5.74, 6) is 0.740. The van der Waals surface area contributed by atoms with Crippen LogP contribution in [-0.2, 0) is 13.0 Å². The van der Waals surface area contributed by atoms with E-state index in [2.05, 4.69) is 23.0 Å². The van der Waals surface area contributed by atoms with E-state index in [1.54, 1.807) is 35.8 Å². The van der Waals surface area contributed by atoms with Gasteiger partial charge in [0.15, 0.2) is 0 Å². The summed E-state index contributed by atoms with van der Waals surface area (Å²) in [5, 5.41) is 20.3. The van der Waals surface area contributed by atoms with E-state index in [1.165, 1.54) is 4.88 Å². The van der Waals surface area contributed by atoms with Gasteiger partial charge in [0.05, 0.1) is 12.2 Å². The highest BCUT2D eigenvalue weighted by Crippen LogP contribution is 2.38. The Kier molecular flexibility index (Phi) is 4.84. The average Bonchev–Trinajstić information content (AvgIpc) is 2.90. The molecule has 0 amide bonds. The maximum absolute atomic E-state index is 10.1. The summed E-state index contributed by atoms with van der Waals surface area (Å²) >= 11 is 1.56. The zero-order chi connectivity index (χ0) is 17.1. The highest BCUT2D eigenvalue weighted by molar-refractivity contribution is 7.16. The maximum Gasteiger partial charge on any atom is 0.134 e. The maximum atomic E-state index is 10.1. The highest BCUT2D eigenvalue weighted by Gasteiger charge is 2.22. The minimum Gasteiger partial charge on any atom is -0.507 e. The van der Waals surface area contributed by atoms with Gasteiger partial charge in [0, 0.05) is 35.8 Å². The van der Waals surface area contributed by atoms with Crippen LogP contribution < -0.4 is 4.74 Å². The van der Waals surface area contributed by atoms with Gasteiger partial charge < -0.3 is 14.7 Å². The molecule has 1 N–H and O–H groups in total. The van der Waals surface area contributed by atoms with E-state index in [0.29, 0.717) is 28.5 Å². The van der Waals surface area contributed by atoms with Gasteiger partial charge >= 0.3 is 0 Å². The molecule has 1 aliphatic heterocycles. The quantitative estimate of drug-likeness (QED) is 0.865. The number of fused-ring (bicyclic) bond motifs is 1. The van der Waals surface area contributed by atoms with Gasteiger partial charge in [0.1, 0.15) is 22.6 Å². The number of phenolic OH excluding ortho intramolecular Hbond substituents is 1. The number of aliphatic imine (C=N–C) groups is 1. The molecular weight excluding hydrogens is 322 g/mol. The molecule has 24 heavy (non-hydrogen) atoms. The first-order valence-electron chi connectivity index (χ1n) is 7.85. The molecule has 5 nitrogen and oxygen atoms in total. The molecule has 3 rings (SSSR count). The van der Waals surface area contributed by atoms with Crippen molar-refractivity contribution < 1.29 is 9.84 Å². The number of ether oxygens (including phenoxy) is 1. The Labute approximate surface area is 145 Å². The molecule has 124 valence electrons. The molecule has 0 saturated heterocycles. The first-order chi connectivity index (χ1) is 11.6. The summed E-state index contributed by atoms with van der Waals surface area (Å²) in [5.41, 5.74) is 2.40. The minimum absolute atomic E-state index is 0.115. The first-order valence-corrected chi connectivity index (χ1v) is 8.67. The van der Waals surface area contributed by atoms with Crippen LogP contribution in [0.2, 0.25) is 0 Å². The summed E-state index contributed by atoms with van der Waals surface area (Å²) in [7, 11) is 2.08. The van der Waals surface area contributed by atoms with Crippen molar-refractivity contribution in [3.8, 4) is 17.6 Å². The van der Waals surface area contributed by atoms with Crippen LogP contribution in [0.25, 0.3) is 0 Å². The molecule has 0 atom stereocenters. The molecule has 6 heteroatoms. The van der Waals surface area contributed by atoms with E-state index >= 15 is 0 Å². The lowest BCUT2D eigenvalue weighted by Gasteiger charge is -2.21. The zero-order valence-electron chi connectivity index (χ0n) is 13.7. The number of likely N-dealkylation sites (N-methyl/N-ethyl adjacent to an activating group) is 1. The molecule has 1 aliphatic rings. The lowest BCUT2D eigenvalue weighted by molar-refractivity contribution is 0.317. The van der Waals surface area contributed by atoms with Gasteiger partial charge in [0.25, 0.3) is 0 Å². The van der Waals surface area contributed by atoms with Crippen LogP contribution in [-0.4, -0.2) is 36.4 Å². The van der Waals surface area contributed by atoms with Crippen molar-refractivity contribution >= 4 is 22.6 Å². The molecule has 0 fully saturated rings. The number of benzene rings is 1. The minimum atomic E-state index is 0.115. The summed E-state index contributed by atoms with van der Waals surface area (Å²) in [4.78, 5) is 7.92. The largest absolute Gasteiger partial charge is 0.507 e. The fourth-order valence-electron chi connectivity index (χ4n) is 2.74. The molecule has 2 heterocycles. The predicted octanol–water partition coefficient (Wildman–Crippen LogP) is 3.46. The molecule has 1 aromatic heterocycles. The number of aromatic hydroxyl groups is 1. The molecule has 0 aliphatic carbocycles. The summed E-state index contributed by atoms with van der Waals surface area (Å²) in [6.45, 7) is 4.26. The molecular formula is C18H19N3O2S. The number of hydrogen-bond donors (Lipinski definition) is 1. The highest BCUT2D eigenvalue weighted by atomic mass is 32.1. The van der Waals surface area contributed by atoms with Crippen molar-refractivity contribution in [2.75, 3.05) is 20.2 Å². The van der Waals surface area contributed by atoms with Crippen LogP contribution in [0.5, 0.6) is 11.5 Å². The number of nitrogens with zero attached hydrogens (tertiary/aromatic N) is 3. The molecule has 0 bridgehead atoms. The lowest BCUT2D eigenvalue weighted by atomic mass is 10.0. The van der Waals surface area contributed by atoms with Crippen LogP contribution in [0, 0.1) is 11.3 Å². The Hall–Kier alpha value is -2.36. The average molecular weight is 341 g/mol. The fourth-order valence-corrected chi connectivity index (χ4v) is 3.96. The molecule has 0 unspecified atom stereocenters. The topological polar surface area (TPSA) is 68.8 Å². The monoisotopic (exact) mass is 341 g/mol. The second-order valence-electron chi connectivity index (χ2n) is 5.70. The van der Waals surface area contributed by atoms with Gasteiger partial charge in [-0.1, -0.05) is 0 Å². The number of phenols is 1. The summed E-state index contributed by atoms with van der Waals surface area (Å²) in [6, 6.07) is 7.42. The van der Waals surface area contributed by atoms with Gasteiger partial charge in [-0.15, -0.1) is 11.3 Å². The van der Waals surface area contributed by atoms with Crippen molar-refractivity contribution in [2.45, 2.75) is 19.9 Å². The van der Waals surface area contributed by atoms with Crippen LogP contribution in [0.1, 0.15) is 28.5 Å². The van der Waals surface area contributed by atoms with E-state index in [9.17, 15) is 10.4 Å². The van der Waals surface area contributed by atoms with Gasteiger partial charge in [-0.25, -0.2) is 4.99 Å². The summed E-state index contributed by atoms with van der Waals surface area (Å²) < 4.78 is 5.36. The van der Waals surface area contributed by atoms with Crippen LogP contribution in [0.3, 0.4) is 0 Å². The van der Waals surface area contributed by atoms with Crippen molar-refractivity contribution in [1.29, 1.82) is 5.26 Å². The third kappa shape index (κ3) is 3.28. The predicted molar refractivity (Wildman–Crippen MR) is 95.6 cm³/mol. The Bertz CT molecular complexity index is 820. The van der Waals surface area contributed by atoms with Crippen LogP contribution >= 0.6 is 11.3 Å². The second kappa shape index (κ2) is 7.04. The molecule has 0 saturated carbocycles. The normalized spacial score (nSPS) is 14.5. The van der Waals surface area contributed by atoms with E-state index in [1.807, 2.05) is 6.92 Å². The van der Waals surface area contributed by atoms with Gasteiger partial charge in [0.2, 0.25) is 0 Å². The Morgan fingerprint density at radius 2 is 2.33 bits per heavy atom. The lowest BCUT2D eigenvalue weighted by Crippen LogP contribution is -2.25. The molecule has 2 aromatic rings. The summed E-state index contributed by atoms with van der Waals surface area (Å²) in [6.07, 6.45) is 2.49. The van der Waals surface area contributed by atoms with E-state index in [4.69, 9.17) is 4.74 Å². The van der Waals surface area contributed by atoms with Crippen molar-refractivity contribution in [2.24, 2.45) is 4.99 Å². The SMILES string of the molecule is CCOc1ccc(C=Nc2sc3c(c2C#N)CCN(C)C3)c(O)c1. The third-order valence-electron chi connectivity index (χ3n) is 3.97. The van der Waals surface area contributed by atoms with E-state index < -0.39 is 0 Å². The van der Waals surface area contributed by atoms with Crippen molar-refractivity contribution in [3.05, 3.63) is 39.8 Å². The van der Waals surface area contributed by atoms with Gasteiger partial charge in [-0.3, -0.25) is 0 Å². The standard InChI is InChI=1S/C18H19N3O2S/c1-3-23-13-5-4-12(16(22)8-13)10-20-18-15(9-19)14-6-7-21(2)11-17(14)24-18/h4-5,8,10,22H,3,6-7,11H2,1-2H3. The third-order valence-corrected chi connectivity index (χ3v) is 5.10. The Balaban J connectivity index is 1.89. The van der Waals surface area contributed by atoms with Gasteiger partial charge in [-0.05, 0) is 38.1 Å². The zero-order valence-corrected chi connectivity index (χ0v) is 14.6. The van der Waals surface area contributed by atoms with Crippen LogP contribution in [0.4, 0.5) is 5.00 Å². The number of hydrogen-bond acceptors (Lipinski definition) is 6. The molecule has 1 aromatic carbocycles. The number of nitriles is 1. The van der Waals surface area contributed by atoms with E-state index in [0.717, 1.165) is 25.1 Å². The van der Waals surface area contributed by atoms with Crippen molar-refractivity contribution in [3.63, 3.8) is 0 Å². The number of thiophene rings is 1. The fraction of sp³-hybridized carbons (Fsp3) is 0.333. The first kappa shape index (κ1) is 16.5. The molecule has 0 radical (unpaired) electrons. The van der Waals surface area contributed by atoms with Crippen LogP contribution in [0.15, 0.2) is 23.2 Å². The van der Waals surface area contributed by atoms with Gasteiger partial charge in [-0.2, -0.15) is 5.26 Å². The van der Waals surface area contributed by atoms with Crippen molar-refractivity contribution in [1.82, 2.24) is 4.90 Å². The second-order valence-corrected chi connectivity index (χ2v) is 6.78. The van der Waals surface area contributed by atoms with E-state index in [-0.39, 0.29) is 5.75 Å². The smallest absolute Gasteiger partial charge is 0.134 e. The Morgan fingerprint density at radius 1 is 1.50 bits per heavy atom. The molecule has 0 spiro atoms. The number of rotatable bonds is 4.